The third-order valence-corrected chi connectivity index (χ3v) is 1.88. The van der Waals surface area contributed by atoms with Crippen LogP contribution < -0.4 is 0 Å². The van der Waals surface area contributed by atoms with E-state index in [0.29, 0.717) is 6.42 Å². The van der Waals surface area contributed by atoms with Crippen molar-refractivity contribution in [2.45, 2.75) is 18.8 Å². The lowest BCUT2D eigenvalue weighted by Gasteiger charge is -2.09. The van der Waals surface area contributed by atoms with E-state index in [9.17, 15) is 5.11 Å². The lowest BCUT2D eigenvalue weighted by atomic mass is 9.82. The van der Waals surface area contributed by atoms with E-state index >= 15 is 0 Å². The molecule has 0 amide bonds. The number of aliphatic hydroxyl groups is 1. The molecular weight excluding hydrogens is 167 g/mol. The Bertz CT molecular complexity index is 238. The van der Waals surface area contributed by atoms with Gasteiger partial charge in [0.2, 0.25) is 0 Å². The molecule has 0 radical (unpaired) electrons. The first-order valence-electron chi connectivity index (χ1n) is 4.29. The maximum Gasteiger partial charge on any atom is 0.451 e. The average Bonchev–Trinajstić information content (AvgIpc) is 2.15. The Balaban J connectivity index is 2.44. The van der Waals surface area contributed by atoms with Gasteiger partial charge in [-0.1, -0.05) is 30.3 Å². The minimum atomic E-state index is -1.33. The summed E-state index contributed by atoms with van der Waals surface area (Å²) < 4.78 is 0. The van der Waals surface area contributed by atoms with Gasteiger partial charge < -0.3 is 15.2 Å². The van der Waals surface area contributed by atoms with Crippen LogP contribution in [0.15, 0.2) is 30.3 Å². The Hall–Kier alpha value is -0.835. The summed E-state index contributed by atoms with van der Waals surface area (Å²) in [5.41, 5.74) is 0.808. The van der Waals surface area contributed by atoms with Gasteiger partial charge in [-0.15, -0.1) is 0 Å². The van der Waals surface area contributed by atoms with Crippen molar-refractivity contribution in [2.75, 3.05) is 0 Å². The maximum absolute atomic E-state index is 9.55. The molecule has 1 rings (SSSR count). The largest absolute Gasteiger partial charge is 0.451 e. The Morgan fingerprint density at radius 1 is 1.15 bits per heavy atom. The number of hydrogen-bond acceptors (Lipinski definition) is 3. The molecule has 3 nitrogen and oxygen atoms in total. The van der Waals surface area contributed by atoms with Gasteiger partial charge in [-0.2, -0.15) is 0 Å². The second-order valence-corrected chi connectivity index (χ2v) is 2.98. The van der Waals surface area contributed by atoms with Crippen LogP contribution in [0.1, 0.15) is 18.1 Å². The van der Waals surface area contributed by atoms with Crippen molar-refractivity contribution in [2.24, 2.45) is 0 Å². The molecule has 0 saturated heterocycles. The molecule has 0 aliphatic carbocycles. The zero-order valence-corrected chi connectivity index (χ0v) is 7.30. The van der Waals surface area contributed by atoms with Crippen LogP contribution in [0.4, 0.5) is 0 Å². The number of aliphatic hydroxyl groups excluding tert-OH is 1. The van der Waals surface area contributed by atoms with Crippen LogP contribution in [-0.4, -0.2) is 22.3 Å². The second-order valence-electron chi connectivity index (χ2n) is 2.98. The van der Waals surface area contributed by atoms with Crippen molar-refractivity contribution >= 4 is 7.12 Å². The molecule has 70 valence electrons. The summed E-state index contributed by atoms with van der Waals surface area (Å²) >= 11 is 0. The highest BCUT2D eigenvalue weighted by molar-refractivity contribution is 6.40. The van der Waals surface area contributed by atoms with Crippen LogP contribution >= 0.6 is 0 Å². The molecule has 0 aliphatic rings. The van der Waals surface area contributed by atoms with E-state index in [4.69, 9.17) is 10.0 Å². The molecule has 3 N–H and O–H groups in total. The number of rotatable bonds is 4. The van der Waals surface area contributed by atoms with E-state index in [1.165, 1.54) is 0 Å². The van der Waals surface area contributed by atoms with Crippen molar-refractivity contribution in [3.05, 3.63) is 35.9 Å². The monoisotopic (exact) mass is 180 g/mol. The highest BCUT2D eigenvalue weighted by atomic mass is 16.4. The van der Waals surface area contributed by atoms with Crippen molar-refractivity contribution < 1.29 is 15.2 Å². The molecule has 0 aliphatic heterocycles. The predicted octanol–water partition coefficient (Wildman–Crippen LogP) is 0.583. The third-order valence-electron chi connectivity index (χ3n) is 1.88. The van der Waals surface area contributed by atoms with E-state index in [0.717, 1.165) is 5.56 Å². The highest BCUT2D eigenvalue weighted by Crippen LogP contribution is 2.17. The smallest absolute Gasteiger partial charge is 0.427 e. The molecule has 4 heteroatoms. The van der Waals surface area contributed by atoms with Gasteiger partial charge in [0.1, 0.15) is 0 Å². The Morgan fingerprint density at radius 2 is 1.77 bits per heavy atom. The first kappa shape index (κ1) is 10.2. The van der Waals surface area contributed by atoms with E-state index in [2.05, 4.69) is 0 Å². The molecule has 0 fully saturated rings. The van der Waals surface area contributed by atoms with Gasteiger partial charge in [0.15, 0.2) is 0 Å². The first-order chi connectivity index (χ1) is 6.20. The van der Waals surface area contributed by atoms with Gasteiger partial charge in [-0.25, -0.2) is 0 Å². The highest BCUT2D eigenvalue weighted by Gasteiger charge is 2.12. The second kappa shape index (κ2) is 5.02. The quantitative estimate of drug-likeness (QED) is 0.594. The Labute approximate surface area is 77.8 Å². The molecule has 13 heavy (non-hydrogen) atoms. The number of hydrogen-bond donors (Lipinski definition) is 3. The SMILES string of the molecule is OB(O)CC[C@@H](O)c1ccccc1. The molecule has 0 unspecified atom stereocenters. The van der Waals surface area contributed by atoms with Gasteiger partial charge >= 0.3 is 7.12 Å². The fourth-order valence-electron chi connectivity index (χ4n) is 1.15. The van der Waals surface area contributed by atoms with Crippen LogP contribution in [-0.2, 0) is 0 Å². The van der Waals surface area contributed by atoms with Crippen LogP contribution in [0.5, 0.6) is 0 Å². The van der Waals surface area contributed by atoms with Crippen LogP contribution in [0.25, 0.3) is 0 Å². The van der Waals surface area contributed by atoms with Crippen molar-refractivity contribution in [1.29, 1.82) is 0 Å². The summed E-state index contributed by atoms with van der Waals surface area (Å²) in [4.78, 5) is 0. The Kier molecular flexibility index (Phi) is 3.95. The molecular formula is C9H13BO3. The van der Waals surface area contributed by atoms with Crippen LogP contribution in [0.2, 0.25) is 6.32 Å². The average molecular weight is 180 g/mol. The van der Waals surface area contributed by atoms with Gasteiger partial charge in [0.05, 0.1) is 6.10 Å². The first-order valence-corrected chi connectivity index (χ1v) is 4.29. The number of benzene rings is 1. The predicted molar refractivity (Wildman–Crippen MR) is 51.0 cm³/mol. The summed E-state index contributed by atoms with van der Waals surface area (Å²) in [6.07, 6.45) is -0.0550. The van der Waals surface area contributed by atoms with E-state index in [-0.39, 0.29) is 6.32 Å². The lowest BCUT2D eigenvalue weighted by Crippen LogP contribution is -2.12. The van der Waals surface area contributed by atoms with Gasteiger partial charge in [-0.3, -0.25) is 0 Å². The summed E-state index contributed by atoms with van der Waals surface area (Å²) in [6, 6.07) is 9.18. The molecule has 1 aromatic carbocycles. The molecule has 1 atom stereocenters. The Morgan fingerprint density at radius 3 is 2.31 bits per heavy atom. The summed E-state index contributed by atoms with van der Waals surface area (Å²) in [7, 11) is -1.33. The van der Waals surface area contributed by atoms with E-state index in [1.807, 2.05) is 30.3 Å². The molecule has 0 saturated carbocycles. The maximum atomic E-state index is 9.55. The van der Waals surface area contributed by atoms with Crippen molar-refractivity contribution in [3.8, 4) is 0 Å². The van der Waals surface area contributed by atoms with Gasteiger partial charge in [0.25, 0.3) is 0 Å². The molecule has 0 aromatic heterocycles. The molecule has 0 spiro atoms. The summed E-state index contributed by atoms with van der Waals surface area (Å²) in [5.74, 6) is 0. The molecule has 1 aromatic rings. The fraction of sp³-hybridized carbons (Fsp3) is 0.333. The van der Waals surface area contributed by atoms with Crippen molar-refractivity contribution in [1.82, 2.24) is 0 Å². The van der Waals surface area contributed by atoms with E-state index in [1.54, 1.807) is 0 Å². The van der Waals surface area contributed by atoms with Crippen LogP contribution in [0, 0.1) is 0 Å². The fourth-order valence-corrected chi connectivity index (χ4v) is 1.15. The zero-order chi connectivity index (χ0) is 9.68. The molecule has 0 heterocycles. The van der Waals surface area contributed by atoms with Crippen LogP contribution in [0.3, 0.4) is 0 Å². The summed E-state index contributed by atoms with van der Waals surface area (Å²) in [6.45, 7) is 0. The van der Waals surface area contributed by atoms with Gasteiger partial charge in [0, 0.05) is 0 Å². The minimum absolute atomic E-state index is 0.191. The third kappa shape index (κ3) is 3.59. The zero-order valence-electron chi connectivity index (χ0n) is 7.30. The molecule has 0 bridgehead atoms. The topological polar surface area (TPSA) is 60.7 Å². The standard InChI is InChI=1S/C9H13BO3/c11-9(6-7-10(12)13)8-4-2-1-3-5-8/h1-5,9,11-13H,6-7H2/t9-/m1/s1. The van der Waals surface area contributed by atoms with Crippen molar-refractivity contribution in [3.63, 3.8) is 0 Å². The van der Waals surface area contributed by atoms with Gasteiger partial charge in [-0.05, 0) is 18.3 Å². The van der Waals surface area contributed by atoms with E-state index < -0.39 is 13.2 Å². The summed E-state index contributed by atoms with van der Waals surface area (Å²) in [5, 5.41) is 26.7. The normalized spacial score (nSPS) is 12.5. The minimum Gasteiger partial charge on any atom is -0.427 e. The lowest BCUT2D eigenvalue weighted by molar-refractivity contribution is 0.170.